The Morgan fingerprint density at radius 2 is 1.23 bits per heavy atom. The molecular weight excluding hydrogens is 404 g/mol. The molecule has 164 valence electrons. The van der Waals surface area contributed by atoms with Crippen molar-refractivity contribution in [1.29, 1.82) is 0 Å². The van der Waals surface area contributed by atoms with Crippen molar-refractivity contribution in [3.05, 3.63) is 76.5 Å². The molecule has 4 nitrogen and oxygen atoms in total. The molecule has 0 atom stereocenters. The van der Waals surface area contributed by atoms with Gasteiger partial charge in [0, 0.05) is 43.9 Å². The highest BCUT2D eigenvalue weighted by Crippen LogP contribution is 2.29. The Bertz CT molecular complexity index is 909. The van der Waals surface area contributed by atoms with Crippen molar-refractivity contribution in [2.75, 3.05) is 52.6 Å². The number of hydrogen-bond donors (Lipinski definition) is 0. The van der Waals surface area contributed by atoms with Gasteiger partial charge < -0.3 is 19.3 Å². The maximum Gasteiger partial charge on any atom is 0.111 e. The van der Waals surface area contributed by atoms with E-state index in [4.69, 9.17) is 21.7 Å². The minimum atomic E-state index is 0.728. The second-order valence-electron chi connectivity index (χ2n) is 8.35. The molecule has 2 aliphatic heterocycles. The Labute approximate surface area is 191 Å². The SMILES string of the molecule is Cc1ccc(C/C(=C(/C(=S)N2CCOCC2)c2ccc(C)cc2)N2CCOCC2)cc1. The molecule has 2 aromatic carbocycles. The second-order valence-corrected chi connectivity index (χ2v) is 8.74. The molecule has 2 saturated heterocycles. The van der Waals surface area contributed by atoms with Gasteiger partial charge in [-0.1, -0.05) is 71.9 Å². The van der Waals surface area contributed by atoms with Gasteiger partial charge in [-0.2, -0.15) is 0 Å². The number of aryl methyl sites for hydroxylation is 2. The molecule has 2 fully saturated rings. The Balaban J connectivity index is 1.81. The highest BCUT2D eigenvalue weighted by molar-refractivity contribution is 7.81. The smallest absolute Gasteiger partial charge is 0.111 e. The van der Waals surface area contributed by atoms with Crippen LogP contribution < -0.4 is 0 Å². The van der Waals surface area contributed by atoms with E-state index in [1.54, 1.807) is 0 Å². The van der Waals surface area contributed by atoms with Crippen LogP contribution in [0, 0.1) is 13.8 Å². The summed E-state index contributed by atoms with van der Waals surface area (Å²) in [6, 6.07) is 17.6. The van der Waals surface area contributed by atoms with Crippen molar-refractivity contribution in [2.45, 2.75) is 20.3 Å². The van der Waals surface area contributed by atoms with Gasteiger partial charge in [0.05, 0.1) is 26.4 Å². The molecule has 2 aromatic rings. The molecule has 0 unspecified atom stereocenters. The predicted molar refractivity (Wildman–Crippen MR) is 130 cm³/mol. The van der Waals surface area contributed by atoms with Crippen LogP contribution in [0.15, 0.2) is 54.2 Å². The molecule has 0 aromatic heterocycles. The van der Waals surface area contributed by atoms with Crippen molar-refractivity contribution >= 4 is 22.8 Å². The summed E-state index contributed by atoms with van der Waals surface area (Å²) >= 11 is 6.15. The highest BCUT2D eigenvalue weighted by atomic mass is 32.1. The van der Waals surface area contributed by atoms with Gasteiger partial charge in [0.15, 0.2) is 0 Å². The highest BCUT2D eigenvalue weighted by Gasteiger charge is 2.25. The Kier molecular flexibility index (Phi) is 7.38. The van der Waals surface area contributed by atoms with E-state index < -0.39 is 0 Å². The molecule has 0 N–H and O–H groups in total. The van der Waals surface area contributed by atoms with Crippen LogP contribution in [0.25, 0.3) is 5.57 Å². The summed E-state index contributed by atoms with van der Waals surface area (Å²) < 4.78 is 11.3. The van der Waals surface area contributed by atoms with Gasteiger partial charge in [0.2, 0.25) is 0 Å². The van der Waals surface area contributed by atoms with E-state index in [1.165, 1.54) is 33.5 Å². The molecule has 0 saturated carbocycles. The van der Waals surface area contributed by atoms with Gasteiger partial charge in [-0.3, -0.25) is 0 Å². The van der Waals surface area contributed by atoms with Crippen LogP contribution in [0.2, 0.25) is 0 Å². The van der Waals surface area contributed by atoms with E-state index in [0.717, 1.165) is 64.0 Å². The number of benzene rings is 2. The lowest BCUT2D eigenvalue weighted by atomic mass is 9.96. The first-order valence-electron chi connectivity index (χ1n) is 11.2. The van der Waals surface area contributed by atoms with Crippen molar-refractivity contribution in [3.63, 3.8) is 0 Å². The average molecular weight is 437 g/mol. The quantitative estimate of drug-likeness (QED) is 0.516. The summed E-state index contributed by atoms with van der Waals surface area (Å²) in [5.74, 6) is 0. The minimum Gasteiger partial charge on any atom is -0.378 e. The normalized spacial score (nSPS) is 18.0. The van der Waals surface area contributed by atoms with Gasteiger partial charge in [-0.25, -0.2) is 0 Å². The van der Waals surface area contributed by atoms with E-state index in [-0.39, 0.29) is 0 Å². The fraction of sp³-hybridized carbons (Fsp3) is 0.423. The fourth-order valence-electron chi connectivity index (χ4n) is 4.15. The van der Waals surface area contributed by atoms with E-state index in [0.29, 0.717) is 0 Å². The number of nitrogens with zero attached hydrogens (tertiary/aromatic N) is 2. The maximum atomic E-state index is 6.15. The van der Waals surface area contributed by atoms with Crippen molar-refractivity contribution in [2.24, 2.45) is 0 Å². The first-order valence-corrected chi connectivity index (χ1v) is 11.6. The molecule has 4 rings (SSSR count). The molecule has 0 bridgehead atoms. The summed E-state index contributed by atoms with van der Waals surface area (Å²) in [7, 11) is 0. The van der Waals surface area contributed by atoms with Crippen molar-refractivity contribution in [3.8, 4) is 0 Å². The number of thiocarbonyl (C=S) groups is 1. The Hall–Kier alpha value is -2.21. The molecule has 31 heavy (non-hydrogen) atoms. The van der Waals surface area contributed by atoms with Gasteiger partial charge in [-0.15, -0.1) is 0 Å². The van der Waals surface area contributed by atoms with E-state index in [9.17, 15) is 0 Å². The molecule has 0 radical (unpaired) electrons. The van der Waals surface area contributed by atoms with E-state index in [2.05, 4.69) is 72.2 Å². The first-order chi connectivity index (χ1) is 15.1. The Morgan fingerprint density at radius 1 is 0.742 bits per heavy atom. The largest absolute Gasteiger partial charge is 0.378 e. The topological polar surface area (TPSA) is 24.9 Å². The Morgan fingerprint density at radius 3 is 1.77 bits per heavy atom. The molecule has 2 heterocycles. The van der Waals surface area contributed by atoms with E-state index >= 15 is 0 Å². The number of hydrogen-bond acceptors (Lipinski definition) is 4. The van der Waals surface area contributed by atoms with E-state index in [1.807, 2.05) is 0 Å². The van der Waals surface area contributed by atoms with Crippen molar-refractivity contribution < 1.29 is 9.47 Å². The van der Waals surface area contributed by atoms with Crippen LogP contribution in [0.1, 0.15) is 22.3 Å². The summed E-state index contributed by atoms with van der Waals surface area (Å²) in [4.78, 5) is 5.72. The summed E-state index contributed by atoms with van der Waals surface area (Å²) in [5, 5.41) is 0. The van der Waals surface area contributed by atoms with Crippen LogP contribution in [0.3, 0.4) is 0 Å². The summed E-state index contributed by atoms with van der Waals surface area (Å²) in [6.07, 6.45) is 0.855. The van der Waals surface area contributed by atoms with Crippen LogP contribution >= 0.6 is 12.2 Å². The summed E-state index contributed by atoms with van der Waals surface area (Å²) in [5.41, 5.74) is 7.51. The predicted octanol–water partition coefficient (Wildman–Crippen LogP) is 4.25. The van der Waals surface area contributed by atoms with Gasteiger partial charge in [-0.05, 0) is 25.0 Å². The van der Waals surface area contributed by atoms with Gasteiger partial charge in [0.1, 0.15) is 4.99 Å². The third-order valence-electron chi connectivity index (χ3n) is 6.03. The van der Waals surface area contributed by atoms with Gasteiger partial charge >= 0.3 is 0 Å². The molecule has 5 heteroatoms. The number of morpholine rings is 2. The van der Waals surface area contributed by atoms with Crippen molar-refractivity contribution in [1.82, 2.24) is 9.80 Å². The zero-order chi connectivity index (χ0) is 21.6. The lowest BCUT2D eigenvalue weighted by molar-refractivity contribution is 0.0529. The van der Waals surface area contributed by atoms with Crippen LogP contribution in [-0.2, 0) is 15.9 Å². The second kappa shape index (κ2) is 10.4. The number of rotatable bonds is 5. The third kappa shape index (κ3) is 5.53. The lowest BCUT2D eigenvalue weighted by Crippen LogP contribution is -2.42. The average Bonchev–Trinajstić information content (AvgIpc) is 2.82. The standard InChI is InChI=1S/C26H32N2O2S/c1-20-3-7-22(8-4-20)19-24(27-11-15-29-16-12-27)25(23-9-5-21(2)6-10-23)26(31)28-13-17-30-18-14-28/h3-10H,11-19H2,1-2H3/b25-24-. The van der Waals surface area contributed by atoms with Gasteiger partial charge in [0.25, 0.3) is 0 Å². The lowest BCUT2D eigenvalue weighted by Gasteiger charge is -2.36. The number of ether oxygens (including phenoxy) is 2. The number of allylic oxidation sites excluding steroid dienone is 1. The first kappa shape index (κ1) is 22.0. The van der Waals surface area contributed by atoms with Crippen LogP contribution in [-0.4, -0.2) is 67.4 Å². The van der Waals surface area contributed by atoms with Crippen LogP contribution in [0.4, 0.5) is 0 Å². The zero-order valence-corrected chi connectivity index (χ0v) is 19.4. The van der Waals surface area contributed by atoms with Crippen LogP contribution in [0.5, 0.6) is 0 Å². The third-order valence-corrected chi connectivity index (χ3v) is 6.49. The molecule has 0 amide bonds. The summed E-state index contributed by atoms with van der Waals surface area (Å²) in [6.45, 7) is 10.7. The molecule has 0 aliphatic carbocycles. The fourth-order valence-corrected chi connectivity index (χ4v) is 4.57. The molecule has 0 spiro atoms. The minimum absolute atomic E-state index is 0.728. The maximum absolute atomic E-state index is 6.15. The zero-order valence-electron chi connectivity index (χ0n) is 18.6. The molecular formula is C26H32N2O2S. The molecule has 2 aliphatic rings. The monoisotopic (exact) mass is 436 g/mol.